The highest BCUT2D eigenvalue weighted by Crippen LogP contribution is 2.30. The van der Waals surface area contributed by atoms with Gasteiger partial charge in [0.05, 0.1) is 4.92 Å². The summed E-state index contributed by atoms with van der Waals surface area (Å²) in [5.41, 5.74) is 0.139. The zero-order valence-electron chi connectivity index (χ0n) is 9.67. The third-order valence-corrected chi connectivity index (χ3v) is 3.48. The fraction of sp³-hybridized carbons (Fsp3) is 0.400. The average molecular weight is 259 g/mol. The molecular formula is C10H13NO5S. The van der Waals surface area contributed by atoms with E-state index in [0.29, 0.717) is 5.56 Å². The molecule has 7 heteroatoms. The van der Waals surface area contributed by atoms with Crippen LogP contribution in [0.2, 0.25) is 0 Å². The second kappa shape index (κ2) is 4.42. The standard InChI is InChI=1S/C10H13NO5S/c1-6(2)8-4-9(11(12)13)7(3)10(5-8)17(14,15)16/h4-6H,1-3H3,(H,14,15,16). The van der Waals surface area contributed by atoms with Crippen molar-refractivity contribution >= 4 is 15.8 Å². The highest BCUT2D eigenvalue weighted by molar-refractivity contribution is 7.85. The number of benzene rings is 1. The van der Waals surface area contributed by atoms with Crippen molar-refractivity contribution in [2.24, 2.45) is 0 Å². The van der Waals surface area contributed by atoms with E-state index in [1.165, 1.54) is 19.1 Å². The molecule has 0 fully saturated rings. The predicted octanol–water partition coefficient (Wildman–Crippen LogP) is 2.27. The molecule has 6 nitrogen and oxygen atoms in total. The summed E-state index contributed by atoms with van der Waals surface area (Å²) in [7, 11) is -4.45. The largest absolute Gasteiger partial charge is 0.295 e. The lowest BCUT2D eigenvalue weighted by atomic mass is 10.0. The molecule has 1 rings (SSSR count). The van der Waals surface area contributed by atoms with Gasteiger partial charge in [-0.3, -0.25) is 14.7 Å². The molecule has 0 atom stereocenters. The highest BCUT2D eigenvalue weighted by atomic mass is 32.2. The summed E-state index contributed by atoms with van der Waals surface area (Å²) in [6.07, 6.45) is 0. The minimum absolute atomic E-state index is 0.0538. The fourth-order valence-electron chi connectivity index (χ4n) is 1.48. The van der Waals surface area contributed by atoms with Gasteiger partial charge in [0.25, 0.3) is 15.8 Å². The first-order valence-electron chi connectivity index (χ1n) is 4.91. The molecule has 94 valence electrons. The summed E-state index contributed by atoms with van der Waals surface area (Å²) in [5.74, 6) is -0.0743. The molecule has 0 aromatic heterocycles. The van der Waals surface area contributed by atoms with Crippen molar-refractivity contribution in [3.63, 3.8) is 0 Å². The molecule has 17 heavy (non-hydrogen) atoms. The zero-order valence-corrected chi connectivity index (χ0v) is 10.5. The van der Waals surface area contributed by atoms with E-state index in [0.717, 1.165) is 0 Å². The Morgan fingerprint density at radius 1 is 1.35 bits per heavy atom. The Morgan fingerprint density at radius 3 is 2.24 bits per heavy atom. The van der Waals surface area contributed by atoms with Gasteiger partial charge in [-0.25, -0.2) is 0 Å². The van der Waals surface area contributed by atoms with E-state index in [1.807, 2.05) is 0 Å². The van der Waals surface area contributed by atoms with Crippen molar-refractivity contribution in [3.8, 4) is 0 Å². The van der Waals surface area contributed by atoms with Crippen molar-refractivity contribution in [2.75, 3.05) is 0 Å². The van der Waals surface area contributed by atoms with Gasteiger partial charge in [0, 0.05) is 11.6 Å². The van der Waals surface area contributed by atoms with Crippen LogP contribution in [0.4, 0.5) is 5.69 Å². The van der Waals surface area contributed by atoms with Gasteiger partial charge in [0.1, 0.15) is 4.90 Å². The first-order chi connectivity index (χ1) is 7.64. The van der Waals surface area contributed by atoms with Crippen molar-refractivity contribution in [2.45, 2.75) is 31.6 Å². The van der Waals surface area contributed by atoms with E-state index < -0.39 is 19.9 Å². The van der Waals surface area contributed by atoms with Crippen LogP contribution in [0.5, 0.6) is 0 Å². The van der Waals surface area contributed by atoms with E-state index in [-0.39, 0.29) is 17.2 Å². The molecule has 0 aliphatic heterocycles. The number of hydrogen-bond donors (Lipinski definition) is 1. The van der Waals surface area contributed by atoms with Crippen LogP contribution in [0.3, 0.4) is 0 Å². The molecule has 0 heterocycles. The molecule has 0 spiro atoms. The summed E-state index contributed by atoms with van der Waals surface area (Å²) in [6, 6.07) is 2.59. The first kappa shape index (κ1) is 13.6. The third-order valence-electron chi connectivity index (χ3n) is 2.50. The minimum atomic E-state index is -4.45. The molecule has 0 aliphatic rings. The lowest BCUT2D eigenvalue weighted by Gasteiger charge is -2.10. The van der Waals surface area contributed by atoms with Crippen LogP contribution >= 0.6 is 0 Å². The zero-order chi connectivity index (χ0) is 13.4. The van der Waals surface area contributed by atoms with E-state index in [4.69, 9.17) is 4.55 Å². The second-order valence-electron chi connectivity index (χ2n) is 4.05. The molecule has 1 aromatic rings. The second-order valence-corrected chi connectivity index (χ2v) is 5.44. The third kappa shape index (κ3) is 2.80. The predicted molar refractivity (Wildman–Crippen MR) is 61.7 cm³/mol. The Kier molecular flexibility index (Phi) is 3.53. The minimum Gasteiger partial charge on any atom is -0.282 e. The average Bonchev–Trinajstić information content (AvgIpc) is 2.15. The van der Waals surface area contributed by atoms with Gasteiger partial charge in [-0.15, -0.1) is 0 Å². The van der Waals surface area contributed by atoms with Gasteiger partial charge in [-0.2, -0.15) is 8.42 Å². The van der Waals surface area contributed by atoms with Crippen LogP contribution in [-0.4, -0.2) is 17.9 Å². The Bertz CT molecular complexity index is 562. The Balaban J connectivity index is 3.67. The molecule has 0 amide bonds. The molecule has 0 saturated carbocycles. The van der Waals surface area contributed by atoms with Crippen molar-refractivity contribution in [1.82, 2.24) is 0 Å². The van der Waals surface area contributed by atoms with Gasteiger partial charge in [0.2, 0.25) is 0 Å². The van der Waals surface area contributed by atoms with Crippen molar-refractivity contribution in [3.05, 3.63) is 33.4 Å². The lowest BCUT2D eigenvalue weighted by molar-refractivity contribution is -0.385. The van der Waals surface area contributed by atoms with Gasteiger partial charge in [0.15, 0.2) is 0 Å². The van der Waals surface area contributed by atoms with Crippen LogP contribution in [-0.2, 0) is 10.1 Å². The van der Waals surface area contributed by atoms with Gasteiger partial charge >= 0.3 is 0 Å². The van der Waals surface area contributed by atoms with E-state index in [9.17, 15) is 18.5 Å². The van der Waals surface area contributed by atoms with Crippen molar-refractivity contribution in [1.29, 1.82) is 0 Å². The SMILES string of the molecule is Cc1c([N+](=O)[O-])cc(C(C)C)cc1S(=O)(=O)O. The summed E-state index contributed by atoms with van der Waals surface area (Å²) in [5, 5.41) is 10.8. The maximum atomic E-state index is 11.1. The summed E-state index contributed by atoms with van der Waals surface area (Å²) in [4.78, 5) is 9.74. The number of hydrogen-bond acceptors (Lipinski definition) is 4. The molecule has 1 aromatic carbocycles. The van der Waals surface area contributed by atoms with Gasteiger partial charge in [-0.05, 0) is 24.5 Å². The van der Waals surface area contributed by atoms with E-state index >= 15 is 0 Å². The Hall–Kier alpha value is -1.47. The Labute approximate surface area is 99.2 Å². The number of nitro groups is 1. The van der Waals surface area contributed by atoms with E-state index in [1.54, 1.807) is 13.8 Å². The summed E-state index contributed by atoms with van der Waals surface area (Å²) >= 11 is 0. The van der Waals surface area contributed by atoms with Crippen LogP contribution < -0.4 is 0 Å². The van der Waals surface area contributed by atoms with Crippen LogP contribution in [0.15, 0.2) is 17.0 Å². The van der Waals surface area contributed by atoms with Crippen LogP contribution in [0, 0.1) is 17.0 Å². The first-order valence-corrected chi connectivity index (χ1v) is 6.35. The molecule has 0 bridgehead atoms. The smallest absolute Gasteiger partial charge is 0.282 e. The number of nitro benzene ring substituents is 1. The monoisotopic (exact) mass is 259 g/mol. The molecule has 0 radical (unpaired) electrons. The molecule has 0 saturated heterocycles. The van der Waals surface area contributed by atoms with E-state index in [2.05, 4.69) is 0 Å². The molecule has 0 aliphatic carbocycles. The highest BCUT2D eigenvalue weighted by Gasteiger charge is 2.23. The van der Waals surface area contributed by atoms with Gasteiger partial charge < -0.3 is 0 Å². The van der Waals surface area contributed by atoms with Gasteiger partial charge in [-0.1, -0.05) is 13.8 Å². The topological polar surface area (TPSA) is 97.5 Å². The summed E-state index contributed by atoms with van der Waals surface area (Å²) < 4.78 is 31.3. The quantitative estimate of drug-likeness (QED) is 0.510. The van der Waals surface area contributed by atoms with Crippen LogP contribution in [0.1, 0.15) is 30.9 Å². The van der Waals surface area contributed by atoms with Crippen molar-refractivity contribution < 1.29 is 17.9 Å². The fourth-order valence-corrected chi connectivity index (χ4v) is 2.26. The lowest BCUT2D eigenvalue weighted by Crippen LogP contribution is -2.06. The Morgan fingerprint density at radius 2 is 1.88 bits per heavy atom. The molecule has 0 unspecified atom stereocenters. The number of nitrogens with zero attached hydrogens (tertiary/aromatic N) is 1. The maximum Gasteiger partial charge on any atom is 0.295 e. The molecule has 1 N–H and O–H groups in total. The molecular weight excluding hydrogens is 246 g/mol. The maximum absolute atomic E-state index is 11.1. The number of rotatable bonds is 3. The normalized spacial score (nSPS) is 11.8. The summed E-state index contributed by atoms with van der Waals surface area (Å²) in [6.45, 7) is 4.86. The van der Waals surface area contributed by atoms with Crippen LogP contribution in [0.25, 0.3) is 0 Å².